The number of nitrogens with two attached hydrogens (primary N) is 1. The molecule has 18 heavy (non-hydrogen) atoms. The minimum absolute atomic E-state index is 0.0993. The fraction of sp³-hybridized carbons (Fsp3) is 0.571. The number of thioether (sulfide) groups is 1. The first-order chi connectivity index (χ1) is 8.60. The molecule has 4 heteroatoms. The Morgan fingerprint density at radius 2 is 1.94 bits per heavy atom. The summed E-state index contributed by atoms with van der Waals surface area (Å²) in [5.74, 6) is 1.79. The molecule has 0 heterocycles. The molecule has 2 N–H and O–H groups in total. The summed E-state index contributed by atoms with van der Waals surface area (Å²) in [6, 6.07) is 4.27. The molecule has 1 atom stereocenters. The van der Waals surface area contributed by atoms with Crippen molar-refractivity contribution in [2.75, 3.05) is 20.5 Å². The topological polar surface area (TPSA) is 44.5 Å². The summed E-state index contributed by atoms with van der Waals surface area (Å²) < 4.78 is 11.0. The smallest absolute Gasteiger partial charge is 0.139 e. The van der Waals surface area contributed by atoms with Gasteiger partial charge in [-0.3, -0.25) is 0 Å². The lowest BCUT2D eigenvalue weighted by Crippen LogP contribution is -2.32. The van der Waals surface area contributed by atoms with Crippen LogP contribution in [0, 0.1) is 0 Å². The van der Waals surface area contributed by atoms with E-state index >= 15 is 0 Å². The predicted molar refractivity (Wildman–Crippen MR) is 75.9 cm³/mol. The van der Waals surface area contributed by atoms with Gasteiger partial charge in [-0.05, 0) is 32.1 Å². The van der Waals surface area contributed by atoms with Gasteiger partial charge < -0.3 is 15.2 Å². The molecule has 1 aromatic rings. The van der Waals surface area contributed by atoms with E-state index < -0.39 is 0 Å². The summed E-state index contributed by atoms with van der Waals surface area (Å²) in [6.45, 7) is 2.08. The fourth-order valence-corrected chi connectivity index (χ4v) is 3.33. The van der Waals surface area contributed by atoms with E-state index in [1.54, 1.807) is 26.0 Å². The van der Waals surface area contributed by atoms with Crippen molar-refractivity contribution < 1.29 is 9.47 Å². The SMILES string of the molecule is COc1ccc(C2(C(C)N)CC2)c(OC)c1SC. The van der Waals surface area contributed by atoms with E-state index in [0.29, 0.717) is 0 Å². The summed E-state index contributed by atoms with van der Waals surface area (Å²) in [6.07, 6.45) is 4.32. The molecule has 1 saturated carbocycles. The molecule has 0 amide bonds. The maximum absolute atomic E-state index is 6.16. The molecule has 2 rings (SSSR count). The van der Waals surface area contributed by atoms with Gasteiger partial charge in [0.15, 0.2) is 0 Å². The van der Waals surface area contributed by atoms with E-state index in [1.165, 1.54) is 5.56 Å². The monoisotopic (exact) mass is 267 g/mol. The van der Waals surface area contributed by atoms with Crippen molar-refractivity contribution in [3.63, 3.8) is 0 Å². The van der Waals surface area contributed by atoms with Crippen molar-refractivity contribution in [1.29, 1.82) is 0 Å². The van der Waals surface area contributed by atoms with Crippen molar-refractivity contribution in [2.45, 2.75) is 36.1 Å². The highest BCUT2D eigenvalue weighted by Crippen LogP contribution is 2.55. The van der Waals surface area contributed by atoms with Gasteiger partial charge in [0, 0.05) is 17.0 Å². The van der Waals surface area contributed by atoms with Crippen LogP contribution in [0.5, 0.6) is 11.5 Å². The van der Waals surface area contributed by atoms with Crippen LogP contribution in [-0.2, 0) is 5.41 Å². The molecule has 1 fully saturated rings. The summed E-state index contributed by atoms with van der Waals surface area (Å²) in [5, 5.41) is 0. The minimum atomic E-state index is 0.0993. The van der Waals surface area contributed by atoms with Crippen LogP contribution >= 0.6 is 11.8 Å². The first-order valence-electron chi connectivity index (χ1n) is 6.15. The van der Waals surface area contributed by atoms with E-state index in [-0.39, 0.29) is 11.5 Å². The molecular weight excluding hydrogens is 246 g/mol. The Labute approximate surface area is 113 Å². The van der Waals surface area contributed by atoms with Gasteiger partial charge in [-0.1, -0.05) is 6.07 Å². The van der Waals surface area contributed by atoms with Crippen LogP contribution in [0.25, 0.3) is 0 Å². The first-order valence-corrected chi connectivity index (χ1v) is 7.38. The average molecular weight is 267 g/mol. The van der Waals surface area contributed by atoms with E-state index in [2.05, 4.69) is 13.0 Å². The maximum Gasteiger partial charge on any atom is 0.139 e. The minimum Gasteiger partial charge on any atom is -0.495 e. The molecular formula is C14H21NO2S. The highest BCUT2D eigenvalue weighted by atomic mass is 32.2. The van der Waals surface area contributed by atoms with Gasteiger partial charge in [0.2, 0.25) is 0 Å². The van der Waals surface area contributed by atoms with E-state index in [4.69, 9.17) is 15.2 Å². The number of rotatable bonds is 5. The number of hydrogen-bond donors (Lipinski definition) is 1. The first kappa shape index (κ1) is 13.6. The maximum atomic E-state index is 6.16. The average Bonchev–Trinajstić information content (AvgIpc) is 3.18. The fourth-order valence-electron chi connectivity index (χ4n) is 2.60. The van der Waals surface area contributed by atoms with Gasteiger partial charge in [0.05, 0.1) is 19.1 Å². The third-order valence-corrected chi connectivity index (χ3v) is 4.70. The summed E-state index contributed by atoms with van der Waals surface area (Å²) in [7, 11) is 3.40. The highest BCUT2D eigenvalue weighted by Gasteiger charge is 2.49. The third kappa shape index (κ3) is 1.97. The quantitative estimate of drug-likeness (QED) is 0.833. The molecule has 1 aliphatic carbocycles. The second kappa shape index (κ2) is 5.02. The zero-order valence-corrected chi connectivity index (χ0v) is 12.3. The van der Waals surface area contributed by atoms with Crippen molar-refractivity contribution in [3.8, 4) is 11.5 Å². The van der Waals surface area contributed by atoms with Crippen LogP contribution in [0.2, 0.25) is 0 Å². The molecule has 0 saturated heterocycles. The van der Waals surface area contributed by atoms with Crippen molar-refractivity contribution in [2.24, 2.45) is 5.73 Å². The summed E-state index contributed by atoms with van der Waals surface area (Å²) >= 11 is 1.65. The highest BCUT2D eigenvalue weighted by molar-refractivity contribution is 7.98. The Morgan fingerprint density at radius 3 is 2.33 bits per heavy atom. The third-order valence-electron chi connectivity index (χ3n) is 3.90. The standard InChI is InChI=1S/C14H21NO2S/c1-9(15)14(7-8-14)10-5-6-11(16-2)13(18-4)12(10)17-3/h5-6,9H,7-8,15H2,1-4H3. The van der Waals surface area contributed by atoms with E-state index in [0.717, 1.165) is 29.2 Å². The van der Waals surface area contributed by atoms with Crippen LogP contribution in [0.3, 0.4) is 0 Å². The van der Waals surface area contributed by atoms with Gasteiger partial charge in [0.25, 0.3) is 0 Å². The van der Waals surface area contributed by atoms with Crippen LogP contribution in [0.15, 0.2) is 17.0 Å². The van der Waals surface area contributed by atoms with Crippen LogP contribution < -0.4 is 15.2 Å². The van der Waals surface area contributed by atoms with Crippen LogP contribution in [-0.4, -0.2) is 26.5 Å². The molecule has 0 spiro atoms. The largest absolute Gasteiger partial charge is 0.495 e. The lowest BCUT2D eigenvalue weighted by molar-refractivity contribution is 0.366. The molecule has 1 aliphatic rings. The molecule has 0 radical (unpaired) electrons. The molecule has 100 valence electrons. The van der Waals surface area contributed by atoms with E-state index in [9.17, 15) is 0 Å². The predicted octanol–water partition coefficient (Wildman–Crippen LogP) is 2.80. The Kier molecular flexibility index (Phi) is 3.78. The van der Waals surface area contributed by atoms with Crippen molar-refractivity contribution in [3.05, 3.63) is 17.7 Å². The number of methoxy groups -OCH3 is 2. The molecule has 0 aliphatic heterocycles. The Hall–Kier alpha value is -0.870. The van der Waals surface area contributed by atoms with E-state index in [1.807, 2.05) is 12.3 Å². The lowest BCUT2D eigenvalue weighted by Gasteiger charge is -2.24. The van der Waals surface area contributed by atoms with Gasteiger partial charge in [-0.25, -0.2) is 0 Å². The Morgan fingerprint density at radius 1 is 1.28 bits per heavy atom. The van der Waals surface area contributed by atoms with Crippen LogP contribution in [0.1, 0.15) is 25.3 Å². The van der Waals surface area contributed by atoms with Crippen molar-refractivity contribution >= 4 is 11.8 Å². The number of benzene rings is 1. The van der Waals surface area contributed by atoms with Gasteiger partial charge in [-0.15, -0.1) is 11.8 Å². The molecule has 1 aromatic carbocycles. The summed E-state index contributed by atoms with van der Waals surface area (Å²) in [4.78, 5) is 1.06. The van der Waals surface area contributed by atoms with Crippen LogP contribution in [0.4, 0.5) is 0 Å². The number of hydrogen-bond acceptors (Lipinski definition) is 4. The second-order valence-corrected chi connectivity index (χ2v) is 5.64. The molecule has 1 unspecified atom stereocenters. The summed E-state index contributed by atoms with van der Waals surface area (Å²) in [5.41, 5.74) is 7.48. The molecule has 0 bridgehead atoms. The number of ether oxygens (including phenoxy) is 2. The Bertz CT molecular complexity index is 442. The zero-order valence-electron chi connectivity index (χ0n) is 11.4. The van der Waals surface area contributed by atoms with Gasteiger partial charge in [0.1, 0.15) is 11.5 Å². The van der Waals surface area contributed by atoms with Crippen molar-refractivity contribution in [1.82, 2.24) is 0 Å². The Balaban J connectivity index is 2.55. The normalized spacial score (nSPS) is 18.3. The van der Waals surface area contributed by atoms with Gasteiger partial charge >= 0.3 is 0 Å². The lowest BCUT2D eigenvalue weighted by atomic mass is 9.88. The molecule has 0 aromatic heterocycles. The molecule has 3 nitrogen and oxygen atoms in total. The second-order valence-electron chi connectivity index (χ2n) is 4.83. The zero-order chi connectivity index (χ0) is 13.3. The van der Waals surface area contributed by atoms with Gasteiger partial charge in [-0.2, -0.15) is 0 Å².